The molecule has 1 aromatic heterocycles. The van der Waals surface area contributed by atoms with E-state index >= 15 is 0 Å². The third kappa shape index (κ3) is 3.02. The molecule has 1 aromatic rings. The first-order chi connectivity index (χ1) is 7.36. The van der Waals surface area contributed by atoms with E-state index in [0.717, 1.165) is 19.3 Å². The number of hydroxylamine groups is 1. The molecule has 1 atom stereocenters. The minimum absolute atomic E-state index is 0.209. The van der Waals surface area contributed by atoms with Gasteiger partial charge in [0.25, 0.3) is 5.91 Å². The minimum atomic E-state index is -0.289. The molecule has 5 heteroatoms. The summed E-state index contributed by atoms with van der Waals surface area (Å²) >= 11 is 1.38. The van der Waals surface area contributed by atoms with Crippen molar-refractivity contribution in [2.45, 2.75) is 25.6 Å². The topological polar surface area (TPSA) is 47.6 Å². The number of rotatable bonds is 3. The average molecular weight is 227 g/mol. The summed E-state index contributed by atoms with van der Waals surface area (Å²) in [5.41, 5.74) is 2.40. The maximum Gasteiger partial charge on any atom is 0.284 e. The zero-order chi connectivity index (χ0) is 10.5. The van der Waals surface area contributed by atoms with Gasteiger partial charge in [0, 0.05) is 13.0 Å². The molecule has 2 rings (SSSR count). The lowest BCUT2D eigenvalue weighted by molar-refractivity contribution is -0.186. The Morgan fingerprint density at radius 2 is 2.53 bits per heavy atom. The van der Waals surface area contributed by atoms with Gasteiger partial charge >= 0.3 is 0 Å². The van der Waals surface area contributed by atoms with Crippen LogP contribution in [0.3, 0.4) is 0 Å². The number of thiophene rings is 1. The first-order valence-corrected chi connectivity index (χ1v) is 5.85. The monoisotopic (exact) mass is 227 g/mol. The Morgan fingerprint density at radius 3 is 3.20 bits per heavy atom. The van der Waals surface area contributed by atoms with Crippen LogP contribution in [0.2, 0.25) is 0 Å². The van der Waals surface area contributed by atoms with Crippen molar-refractivity contribution in [2.75, 3.05) is 6.61 Å². The Balaban J connectivity index is 1.75. The van der Waals surface area contributed by atoms with E-state index in [1.165, 1.54) is 11.3 Å². The van der Waals surface area contributed by atoms with E-state index in [0.29, 0.717) is 11.5 Å². The molecule has 0 saturated carbocycles. The molecule has 1 amide bonds. The van der Waals surface area contributed by atoms with Gasteiger partial charge in [0.1, 0.15) is 0 Å². The summed E-state index contributed by atoms with van der Waals surface area (Å²) in [4.78, 5) is 17.3. The predicted molar refractivity (Wildman–Crippen MR) is 56.5 cm³/mol. The second-order valence-electron chi connectivity index (χ2n) is 3.32. The van der Waals surface area contributed by atoms with E-state index in [-0.39, 0.29) is 12.2 Å². The van der Waals surface area contributed by atoms with Gasteiger partial charge in [-0.25, -0.2) is 10.3 Å². The third-order valence-electron chi connectivity index (χ3n) is 2.17. The van der Waals surface area contributed by atoms with Gasteiger partial charge in [0.15, 0.2) is 6.29 Å². The molecular formula is C10H13NO3S. The van der Waals surface area contributed by atoms with Crippen LogP contribution >= 0.6 is 11.3 Å². The van der Waals surface area contributed by atoms with Crippen molar-refractivity contribution in [3.8, 4) is 0 Å². The molecule has 0 radical (unpaired) electrons. The van der Waals surface area contributed by atoms with Crippen molar-refractivity contribution in [3.63, 3.8) is 0 Å². The standard InChI is InChI=1S/C10H13NO3S/c12-10(8-4-3-7-15-8)11-14-9-5-1-2-6-13-9/h3-4,7,9H,1-2,5-6H2,(H,11,12). The van der Waals surface area contributed by atoms with Crippen LogP contribution in [0, 0.1) is 0 Å². The van der Waals surface area contributed by atoms with Gasteiger partial charge in [-0.05, 0) is 24.3 Å². The summed E-state index contributed by atoms with van der Waals surface area (Å²) in [6.07, 6.45) is 2.70. The third-order valence-corrected chi connectivity index (χ3v) is 3.03. The largest absolute Gasteiger partial charge is 0.350 e. The van der Waals surface area contributed by atoms with Crippen molar-refractivity contribution < 1.29 is 14.4 Å². The minimum Gasteiger partial charge on any atom is -0.350 e. The first kappa shape index (κ1) is 10.6. The quantitative estimate of drug-likeness (QED) is 0.803. The SMILES string of the molecule is O=C(NOC1CCCCO1)c1cccs1. The Labute approximate surface area is 92.1 Å². The van der Waals surface area contributed by atoms with Crippen LogP contribution in [0.4, 0.5) is 0 Å². The molecule has 1 saturated heterocycles. The number of hydrogen-bond acceptors (Lipinski definition) is 4. The van der Waals surface area contributed by atoms with E-state index in [2.05, 4.69) is 5.48 Å². The fourth-order valence-electron chi connectivity index (χ4n) is 1.38. The second-order valence-corrected chi connectivity index (χ2v) is 4.27. The van der Waals surface area contributed by atoms with E-state index < -0.39 is 0 Å². The highest BCUT2D eigenvalue weighted by Gasteiger charge is 2.16. The number of hydrogen-bond donors (Lipinski definition) is 1. The maximum absolute atomic E-state index is 11.5. The van der Waals surface area contributed by atoms with Crippen LogP contribution in [0.5, 0.6) is 0 Å². The first-order valence-electron chi connectivity index (χ1n) is 4.97. The van der Waals surface area contributed by atoms with Crippen LogP contribution in [0.25, 0.3) is 0 Å². The van der Waals surface area contributed by atoms with Crippen LogP contribution < -0.4 is 5.48 Å². The highest BCUT2D eigenvalue weighted by molar-refractivity contribution is 7.12. The van der Waals surface area contributed by atoms with Crippen LogP contribution in [-0.2, 0) is 9.57 Å². The van der Waals surface area contributed by atoms with Gasteiger partial charge in [0.05, 0.1) is 4.88 Å². The maximum atomic E-state index is 11.5. The molecule has 1 aliphatic rings. The summed E-state index contributed by atoms with van der Waals surface area (Å²) in [6, 6.07) is 3.59. The van der Waals surface area contributed by atoms with Gasteiger partial charge in [-0.1, -0.05) is 6.07 Å². The summed E-state index contributed by atoms with van der Waals surface area (Å²) in [5, 5.41) is 1.85. The summed E-state index contributed by atoms with van der Waals surface area (Å²) in [6.45, 7) is 0.708. The number of carbonyl (C=O) groups is 1. The number of nitrogens with one attached hydrogen (secondary N) is 1. The number of amides is 1. The highest BCUT2D eigenvalue weighted by atomic mass is 32.1. The molecule has 1 unspecified atom stereocenters. The van der Waals surface area contributed by atoms with Crippen LogP contribution in [-0.4, -0.2) is 18.8 Å². The smallest absolute Gasteiger partial charge is 0.284 e. The molecule has 0 spiro atoms. The van der Waals surface area contributed by atoms with Gasteiger partial charge in [0.2, 0.25) is 0 Å². The highest BCUT2D eigenvalue weighted by Crippen LogP contribution is 2.13. The predicted octanol–water partition coefficient (Wildman–Crippen LogP) is 1.94. The van der Waals surface area contributed by atoms with Gasteiger partial charge < -0.3 is 4.74 Å². The molecule has 0 aliphatic carbocycles. The van der Waals surface area contributed by atoms with Gasteiger partial charge in [-0.2, -0.15) is 0 Å². The lowest BCUT2D eigenvalue weighted by Crippen LogP contribution is -2.32. The molecule has 0 aromatic carbocycles. The van der Waals surface area contributed by atoms with Crippen molar-refractivity contribution >= 4 is 17.2 Å². The van der Waals surface area contributed by atoms with Gasteiger partial charge in [-0.15, -0.1) is 11.3 Å². The molecule has 1 aliphatic heterocycles. The molecule has 4 nitrogen and oxygen atoms in total. The fraction of sp³-hybridized carbons (Fsp3) is 0.500. The molecule has 0 bridgehead atoms. The van der Waals surface area contributed by atoms with E-state index in [1.807, 2.05) is 11.4 Å². The lowest BCUT2D eigenvalue weighted by atomic mass is 10.2. The van der Waals surface area contributed by atoms with Crippen molar-refractivity contribution in [2.24, 2.45) is 0 Å². The normalized spacial score (nSPS) is 21.2. The summed E-state index contributed by atoms with van der Waals surface area (Å²) in [5.74, 6) is -0.209. The Bertz CT molecular complexity index is 306. The molecule has 2 heterocycles. The van der Waals surface area contributed by atoms with Crippen molar-refractivity contribution in [3.05, 3.63) is 22.4 Å². The fourth-order valence-corrected chi connectivity index (χ4v) is 1.99. The zero-order valence-corrected chi connectivity index (χ0v) is 9.09. The molecule has 1 N–H and O–H groups in total. The van der Waals surface area contributed by atoms with Crippen LogP contribution in [0.1, 0.15) is 28.9 Å². The lowest BCUT2D eigenvalue weighted by Gasteiger charge is -2.21. The Morgan fingerprint density at radius 1 is 1.60 bits per heavy atom. The van der Waals surface area contributed by atoms with Crippen molar-refractivity contribution in [1.29, 1.82) is 0 Å². The molecule has 82 valence electrons. The zero-order valence-electron chi connectivity index (χ0n) is 8.27. The average Bonchev–Trinajstić information content (AvgIpc) is 2.81. The summed E-state index contributed by atoms with van der Waals surface area (Å²) < 4.78 is 5.31. The molecular weight excluding hydrogens is 214 g/mol. The van der Waals surface area contributed by atoms with E-state index in [1.54, 1.807) is 6.07 Å². The van der Waals surface area contributed by atoms with Gasteiger partial charge in [-0.3, -0.25) is 4.79 Å². The number of carbonyl (C=O) groups excluding carboxylic acids is 1. The Hall–Kier alpha value is -0.910. The van der Waals surface area contributed by atoms with E-state index in [4.69, 9.17) is 9.57 Å². The summed E-state index contributed by atoms with van der Waals surface area (Å²) in [7, 11) is 0. The molecule has 1 fully saturated rings. The molecule has 15 heavy (non-hydrogen) atoms. The van der Waals surface area contributed by atoms with Crippen LogP contribution in [0.15, 0.2) is 17.5 Å². The van der Waals surface area contributed by atoms with E-state index in [9.17, 15) is 4.79 Å². The van der Waals surface area contributed by atoms with Crippen molar-refractivity contribution in [1.82, 2.24) is 5.48 Å². The second kappa shape index (κ2) is 5.25. The Kier molecular flexibility index (Phi) is 3.71. The number of ether oxygens (including phenoxy) is 1.